The van der Waals surface area contributed by atoms with Gasteiger partial charge in [-0.1, -0.05) is 60.3 Å². The second-order valence-corrected chi connectivity index (χ2v) is 19.4. The summed E-state index contributed by atoms with van der Waals surface area (Å²) in [6.07, 6.45) is 4.75. The Morgan fingerprint density at radius 3 is 2.22 bits per heavy atom. The van der Waals surface area contributed by atoms with Crippen LogP contribution in [0.3, 0.4) is 0 Å². The van der Waals surface area contributed by atoms with E-state index in [9.17, 15) is 14.4 Å². The number of allylic oxidation sites excluding steroid dienone is 1. The Hall–Kier alpha value is -1.76. The van der Waals surface area contributed by atoms with Crippen LogP contribution in [0.4, 0.5) is 4.79 Å². The smallest absolute Gasteiger partial charge is 0.411 e. The Balaban J connectivity index is 2.39. The van der Waals surface area contributed by atoms with Gasteiger partial charge >= 0.3 is 6.09 Å². The molecule has 0 aromatic rings. The molecule has 0 saturated carbocycles. The van der Waals surface area contributed by atoms with Crippen molar-refractivity contribution in [3.05, 3.63) is 24.3 Å². The third kappa shape index (κ3) is 9.11. The quantitative estimate of drug-likeness (QED) is 0.133. The van der Waals surface area contributed by atoms with E-state index in [1.165, 1.54) is 0 Å². The number of nitrogens with one attached hydrogen (secondary N) is 1. The summed E-state index contributed by atoms with van der Waals surface area (Å²) in [6, 6.07) is -0.321. The summed E-state index contributed by atoms with van der Waals surface area (Å²) in [5, 5.41) is 2.99. The molecule has 234 valence electrons. The van der Waals surface area contributed by atoms with E-state index in [1.807, 2.05) is 17.9 Å². The molecule has 2 rings (SSSR count). The third-order valence-electron chi connectivity index (χ3n) is 8.38. The van der Waals surface area contributed by atoms with Crippen molar-refractivity contribution in [1.82, 2.24) is 10.2 Å². The highest BCUT2D eigenvalue weighted by Crippen LogP contribution is 2.44. The molecule has 0 aliphatic carbocycles. The number of β-lactam (4-membered cyclic amide) rings is 1. The van der Waals surface area contributed by atoms with Crippen LogP contribution < -0.4 is 5.32 Å². The Labute approximate surface area is 252 Å². The van der Waals surface area contributed by atoms with Crippen molar-refractivity contribution in [3.8, 4) is 0 Å². The van der Waals surface area contributed by atoms with Gasteiger partial charge in [-0.15, -0.1) is 0 Å². The van der Waals surface area contributed by atoms with Crippen LogP contribution in [0, 0.1) is 22.7 Å². The van der Waals surface area contributed by atoms with Gasteiger partial charge in [0.05, 0.1) is 18.1 Å². The largest absolute Gasteiger partial charge is 0.445 e. The maximum absolute atomic E-state index is 13.7. The van der Waals surface area contributed by atoms with Gasteiger partial charge in [-0.3, -0.25) is 14.5 Å². The summed E-state index contributed by atoms with van der Waals surface area (Å²) in [7, 11) is -2.68. The number of nitrogens with zero attached hydrogens (tertiary/aromatic N) is 1. The number of carbonyl (C=O) groups excluding carboxylic acids is 3. The molecule has 2 aliphatic heterocycles. The van der Waals surface area contributed by atoms with Gasteiger partial charge in [-0.05, 0) is 68.3 Å². The molecule has 2 fully saturated rings. The molecule has 0 spiro atoms. The maximum atomic E-state index is 13.7. The highest BCUT2D eigenvalue weighted by molar-refractivity contribution is 6.48. The Bertz CT molecular complexity index is 984. The minimum atomic E-state index is -1.43. The fraction of sp³-hybridized carbons (Fsp3) is 0.774. The Morgan fingerprint density at radius 2 is 1.73 bits per heavy atom. The van der Waals surface area contributed by atoms with Crippen LogP contribution >= 0.6 is 0 Å². The molecule has 2 saturated heterocycles. The molecular weight excluding hydrogens is 553 g/mol. The predicted molar refractivity (Wildman–Crippen MR) is 170 cm³/mol. The number of amides is 2. The molecule has 10 heteroatoms. The number of hydrogen-bond acceptors (Lipinski definition) is 6. The van der Waals surface area contributed by atoms with Gasteiger partial charge in [-0.2, -0.15) is 0 Å². The second kappa shape index (κ2) is 14.1. The van der Waals surface area contributed by atoms with Crippen LogP contribution in [0.1, 0.15) is 67.7 Å². The molecular formula is C31H56N2O6Si2. The first kappa shape index (κ1) is 35.4. The van der Waals surface area contributed by atoms with Gasteiger partial charge < -0.3 is 18.9 Å². The van der Waals surface area contributed by atoms with Crippen molar-refractivity contribution in [2.24, 2.45) is 22.7 Å². The predicted octanol–water partition coefficient (Wildman–Crippen LogP) is 5.24. The monoisotopic (exact) mass is 608 g/mol. The van der Waals surface area contributed by atoms with Crippen LogP contribution in [0.5, 0.6) is 0 Å². The van der Waals surface area contributed by atoms with E-state index in [1.54, 1.807) is 6.08 Å². The van der Waals surface area contributed by atoms with Crippen LogP contribution in [-0.2, 0) is 23.2 Å². The highest BCUT2D eigenvalue weighted by Gasteiger charge is 2.53. The Morgan fingerprint density at radius 1 is 1.12 bits per heavy atom. The molecule has 2 heterocycles. The minimum absolute atomic E-state index is 0.00917. The first-order chi connectivity index (χ1) is 18.8. The van der Waals surface area contributed by atoms with Crippen molar-refractivity contribution in [1.29, 1.82) is 0 Å². The molecule has 8 nitrogen and oxygen atoms in total. The van der Waals surface area contributed by atoms with E-state index in [2.05, 4.69) is 79.6 Å². The summed E-state index contributed by atoms with van der Waals surface area (Å²) in [4.78, 5) is 41.8. The zero-order valence-corrected chi connectivity index (χ0v) is 29.8. The molecule has 0 bridgehead atoms. The molecule has 0 aromatic heterocycles. The molecule has 41 heavy (non-hydrogen) atoms. The summed E-state index contributed by atoms with van der Waals surface area (Å²) < 4.78 is 17.9. The first-order valence-corrected chi connectivity index (χ1v) is 20.7. The normalized spacial score (nSPS) is 26.2. The highest BCUT2D eigenvalue weighted by atomic mass is 28.3. The number of carbonyl (C=O) groups is 3. The van der Waals surface area contributed by atoms with Crippen molar-refractivity contribution in [3.63, 3.8) is 0 Å². The van der Waals surface area contributed by atoms with Crippen molar-refractivity contribution >= 4 is 35.9 Å². The fourth-order valence-electron chi connectivity index (χ4n) is 6.04. The molecule has 5 atom stereocenters. The summed E-state index contributed by atoms with van der Waals surface area (Å²) >= 11 is 0. The second-order valence-electron chi connectivity index (χ2n) is 14.6. The topological polar surface area (TPSA) is 94.2 Å². The summed E-state index contributed by atoms with van der Waals surface area (Å²) in [6.45, 7) is 27.7. The number of likely N-dealkylation sites (tertiary alicyclic amines) is 1. The van der Waals surface area contributed by atoms with Crippen LogP contribution in [0.25, 0.3) is 0 Å². The fourth-order valence-corrected chi connectivity index (χ4v) is 7.25. The average Bonchev–Trinajstić information content (AvgIpc) is 3.22. The SMILES string of the molecule is C=CCOC(=O)N1C(C(C)(C)C)CCC1(C=C(C)C(=O)C[C@H]1NC(=O)[C@H]1[C@@H](CO[SiH](C)C)C(C)(C)C)CO[SiH](C)C. The van der Waals surface area contributed by atoms with E-state index in [-0.39, 0.29) is 59.5 Å². The van der Waals surface area contributed by atoms with E-state index in [4.69, 9.17) is 13.6 Å². The molecule has 2 unspecified atom stereocenters. The Kier molecular flexibility index (Phi) is 12.2. The number of rotatable bonds is 13. The zero-order chi connectivity index (χ0) is 31.3. The van der Waals surface area contributed by atoms with Crippen molar-refractivity contribution < 1.29 is 28.0 Å². The lowest BCUT2D eigenvalue weighted by molar-refractivity contribution is -0.143. The standard InChI is InChI=1S/C31H56N2O6Si2/c1-13-16-37-28(36)33-25(30(6,7)8)14-15-31(33,20-39-41(11)12)18-21(2)24(34)17-23-26(27(35)32-23)22(29(3,4)5)19-38-40(9)10/h13,18,22-23,25-26,40-41H,1,14-17,19-20H2,2-12H3,(H,32,35)/t22-,23-,25?,26+,31?/m1/s1. The van der Waals surface area contributed by atoms with E-state index in [0.29, 0.717) is 25.2 Å². The van der Waals surface area contributed by atoms with Gasteiger partial charge in [0.2, 0.25) is 5.91 Å². The summed E-state index contributed by atoms with van der Waals surface area (Å²) in [5.41, 5.74) is -0.548. The van der Waals surface area contributed by atoms with Gasteiger partial charge in [0.15, 0.2) is 23.9 Å². The van der Waals surface area contributed by atoms with Crippen LogP contribution in [0.2, 0.25) is 26.2 Å². The maximum Gasteiger partial charge on any atom is 0.411 e. The molecule has 2 aliphatic rings. The molecule has 0 aromatic carbocycles. The average molecular weight is 609 g/mol. The van der Waals surface area contributed by atoms with Crippen LogP contribution in [-0.4, -0.2) is 78.2 Å². The van der Waals surface area contributed by atoms with Gasteiger partial charge in [0.25, 0.3) is 0 Å². The van der Waals surface area contributed by atoms with E-state index in [0.717, 1.165) is 6.42 Å². The van der Waals surface area contributed by atoms with E-state index < -0.39 is 29.7 Å². The molecule has 0 radical (unpaired) electrons. The minimum Gasteiger partial charge on any atom is -0.445 e. The van der Waals surface area contributed by atoms with Crippen molar-refractivity contribution in [2.45, 2.75) is 112 Å². The number of hydrogen-bond donors (Lipinski definition) is 1. The van der Waals surface area contributed by atoms with Crippen LogP contribution in [0.15, 0.2) is 24.3 Å². The molecule has 2 amide bonds. The zero-order valence-electron chi connectivity index (χ0n) is 27.5. The third-order valence-corrected chi connectivity index (χ3v) is 10.1. The van der Waals surface area contributed by atoms with Gasteiger partial charge in [0.1, 0.15) is 6.61 Å². The lowest BCUT2D eigenvalue weighted by Crippen LogP contribution is -2.63. The van der Waals surface area contributed by atoms with Gasteiger partial charge in [0, 0.05) is 25.1 Å². The number of ether oxygens (including phenoxy) is 1. The number of ketones is 1. The molecule has 1 N–H and O–H groups in total. The van der Waals surface area contributed by atoms with Crippen molar-refractivity contribution in [2.75, 3.05) is 19.8 Å². The summed E-state index contributed by atoms with van der Waals surface area (Å²) in [5.74, 6) is -0.302. The first-order valence-electron chi connectivity index (χ1n) is 15.2. The van der Waals surface area contributed by atoms with E-state index >= 15 is 0 Å². The lowest BCUT2D eigenvalue weighted by Gasteiger charge is -2.46. The van der Waals surface area contributed by atoms with Gasteiger partial charge in [-0.25, -0.2) is 4.79 Å². The lowest BCUT2D eigenvalue weighted by atomic mass is 9.66. The number of Topliss-reactive ketones (excluding diaryl/α,β-unsaturated/α-hetero) is 1.